The summed E-state index contributed by atoms with van der Waals surface area (Å²) in [5, 5.41) is 2.62. The minimum atomic E-state index is -3.92. The maximum Gasteiger partial charge on any atom is 0.414 e. The van der Waals surface area contributed by atoms with Crippen LogP contribution in [0.3, 0.4) is 0 Å². The van der Waals surface area contributed by atoms with Gasteiger partial charge in [-0.2, -0.15) is 8.42 Å². The molecule has 3 aromatic rings. The number of piperazine rings is 1. The number of fused-ring (bicyclic) bond motifs is 1. The number of anilines is 4. The Balaban J connectivity index is 1.19. The number of benzene rings is 3. The molecule has 3 aromatic carbocycles. The standard InChI is InChI=1S/C29H29FN6O5S/c1-20(37)31-18-23-19-35(29(38)41-23)22-11-12-25(24(30)17-22)33-13-15-34(16-14-33)28-32-42(39,40)27-10-6-5-9-26(27)36(28)21-7-3-2-4-8-21/h2-12,17,23H,13-16,18-19H2,1H3,(H,31,37)/t23-/m0/s1. The highest BCUT2D eigenvalue weighted by Crippen LogP contribution is 2.37. The minimum Gasteiger partial charge on any atom is -0.442 e. The molecule has 3 aliphatic heterocycles. The number of rotatable bonds is 5. The predicted octanol–water partition coefficient (Wildman–Crippen LogP) is 3.31. The molecule has 13 heteroatoms. The number of hydrogen-bond acceptors (Lipinski definition) is 8. The summed E-state index contributed by atoms with van der Waals surface area (Å²) in [5.74, 6) is -0.414. The lowest BCUT2D eigenvalue weighted by molar-refractivity contribution is -0.119. The first-order valence-corrected chi connectivity index (χ1v) is 15.0. The fourth-order valence-electron chi connectivity index (χ4n) is 5.36. The zero-order chi connectivity index (χ0) is 29.4. The van der Waals surface area contributed by atoms with Gasteiger partial charge in [-0.05, 0) is 42.5 Å². The van der Waals surface area contributed by atoms with Gasteiger partial charge in [-0.1, -0.05) is 30.3 Å². The van der Waals surface area contributed by atoms with Crippen molar-refractivity contribution in [1.82, 2.24) is 10.2 Å². The molecule has 1 N–H and O–H groups in total. The summed E-state index contributed by atoms with van der Waals surface area (Å²) in [6, 6.07) is 20.8. The van der Waals surface area contributed by atoms with E-state index in [-0.39, 0.29) is 23.9 Å². The van der Waals surface area contributed by atoms with Crippen molar-refractivity contribution in [3.8, 4) is 0 Å². The zero-order valence-corrected chi connectivity index (χ0v) is 23.6. The van der Waals surface area contributed by atoms with Crippen molar-refractivity contribution < 1.29 is 27.1 Å². The second-order valence-corrected chi connectivity index (χ2v) is 11.7. The van der Waals surface area contributed by atoms with Crippen molar-refractivity contribution in [2.45, 2.75) is 17.9 Å². The summed E-state index contributed by atoms with van der Waals surface area (Å²) in [7, 11) is -3.92. The minimum absolute atomic E-state index is 0.140. The number of carbonyl (C=O) groups is 2. The van der Waals surface area contributed by atoms with E-state index in [4.69, 9.17) is 4.74 Å². The molecule has 2 saturated heterocycles. The van der Waals surface area contributed by atoms with Crippen LogP contribution in [0.5, 0.6) is 0 Å². The highest BCUT2D eigenvalue weighted by Gasteiger charge is 2.36. The summed E-state index contributed by atoms with van der Waals surface area (Å²) in [6.07, 6.45) is -1.12. The normalized spacial score (nSPS) is 19.7. The molecule has 0 bridgehead atoms. The second-order valence-electron chi connectivity index (χ2n) is 10.2. The molecule has 2 fully saturated rings. The Labute approximate surface area is 242 Å². The highest BCUT2D eigenvalue weighted by atomic mass is 32.2. The van der Waals surface area contributed by atoms with Crippen LogP contribution in [-0.2, 0) is 19.6 Å². The van der Waals surface area contributed by atoms with Crippen molar-refractivity contribution >= 4 is 50.7 Å². The molecule has 3 heterocycles. The molecule has 0 aliphatic carbocycles. The van der Waals surface area contributed by atoms with Gasteiger partial charge >= 0.3 is 6.09 Å². The molecule has 0 saturated carbocycles. The molecule has 11 nitrogen and oxygen atoms in total. The van der Waals surface area contributed by atoms with Crippen LogP contribution in [0.1, 0.15) is 6.92 Å². The summed E-state index contributed by atoms with van der Waals surface area (Å²) in [6.45, 7) is 3.42. The first-order chi connectivity index (χ1) is 20.2. The summed E-state index contributed by atoms with van der Waals surface area (Å²) in [4.78, 5) is 30.6. The largest absolute Gasteiger partial charge is 0.442 e. The van der Waals surface area contributed by atoms with Crippen LogP contribution in [0.15, 0.2) is 82.1 Å². The number of para-hydroxylation sites is 2. The maximum atomic E-state index is 15.4. The number of carbonyl (C=O) groups excluding carboxylic acids is 2. The van der Waals surface area contributed by atoms with Crippen molar-refractivity contribution in [3.05, 3.63) is 78.6 Å². The number of cyclic esters (lactones) is 1. The number of halogens is 1. The first-order valence-electron chi connectivity index (χ1n) is 13.5. The van der Waals surface area contributed by atoms with Gasteiger partial charge in [0.25, 0.3) is 10.0 Å². The third kappa shape index (κ3) is 5.22. The fourth-order valence-corrected chi connectivity index (χ4v) is 6.54. The van der Waals surface area contributed by atoms with E-state index in [0.29, 0.717) is 49.2 Å². The molecular weight excluding hydrogens is 563 g/mol. The molecule has 218 valence electrons. The third-order valence-electron chi connectivity index (χ3n) is 7.40. The van der Waals surface area contributed by atoms with E-state index in [1.165, 1.54) is 17.9 Å². The van der Waals surface area contributed by atoms with Crippen LogP contribution < -0.4 is 20.0 Å². The van der Waals surface area contributed by atoms with E-state index in [1.54, 1.807) is 36.4 Å². The van der Waals surface area contributed by atoms with E-state index < -0.39 is 28.0 Å². The maximum absolute atomic E-state index is 15.4. The lowest BCUT2D eigenvalue weighted by Gasteiger charge is -2.42. The van der Waals surface area contributed by atoms with Gasteiger partial charge in [-0.25, -0.2) is 9.18 Å². The van der Waals surface area contributed by atoms with Crippen molar-refractivity contribution in [2.75, 3.05) is 54.0 Å². The van der Waals surface area contributed by atoms with Gasteiger partial charge in [0.1, 0.15) is 16.8 Å². The lowest BCUT2D eigenvalue weighted by atomic mass is 10.2. The summed E-state index contributed by atoms with van der Waals surface area (Å²) < 4.78 is 51.1. The predicted molar refractivity (Wildman–Crippen MR) is 156 cm³/mol. The van der Waals surface area contributed by atoms with Crippen LogP contribution in [0.4, 0.5) is 31.9 Å². The molecule has 6 rings (SSSR count). The van der Waals surface area contributed by atoms with Gasteiger partial charge in [0.05, 0.1) is 30.2 Å². The van der Waals surface area contributed by atoms with Crippen LogP contribution in [-0.4, -0.2) is 76.7 Å². The van der Waals surface area contributed by atoms with Crippen molar-refractivity contribution in [1.29, 1.82) is 0 Å². The first kappa shape index (κ1) is 27.5. The van der Waals surface area contributed by atoms with Gasteiger partial charge in [-0.15, -0.1) is 4.40 Å². The Bertz CT molecular complexity index is 1660. The summed E-state index contributed by atoms with van der Waals surface area (Å²) in [5.41, 5.74) is 2.05. The Morgan fingerprint density at radius 3 is 2.36 bits per heavy atom. The number of ether oxygens (including phenoxy) is 1. The van der Waals surface area contributed by atoms with Gasteiger partial charge < -0.3 is 19.9 Å². The van der Waals surface area contributed by atoms with Crippen molar-refractivity contribution in [2.24, 2.45) is 4.40 Å². The van der Waals surface area contributed by atoms with Gasteiger partial charge in [-0.3, -0.25) is 14.6 Å². The van der Waals surface area contributed by atoms with Crippen LogP contribution in [0.25, 0.3) is 0 Å². The van der Waals surface area contributed by atoms with Gasteiger partial charge in [0.15, 0.2) is 0 Å². The van der Waals surface area contributed by atoms with Crippen LogP contribution >= 0.6 is 0 Å². The average molecular weight is 593 g/mol. The zero-order valence-electron chi connectivity index (χ0n) is 22.8. The molecule has 0 unspecified atom stereocenters. The SMILES string of the molecule is CC(=O)NC[C@H]1CN(c2ccc(N3CCN(C4=NS(=O)(=O)c5ccccc5N4c4ccccc4)CC3)c(F)c2)C(=O)O1. The number of nitrogens with one attached hydrogen (secondary N) is 1. The Morgan fingerprint density at radius 1 is 0.952 bits per heavy atom. The Hall–Kier alpha value is -4.65. The van der Waals surface area contributed by atoms with Gasteiger partial charge in [0, 0.05) is 38.8 Å². The average Bonchev–Trinajstić information content (AvgIpc) is 3.36. The molecule has 1 atom stereocenters. The Morgan fingerprint density at radius 2 is 1.64 bits per heavy atom. The molecule has 0 radical (unpaired) electrons. The lowest BCUT2D eigenvalue weighted by Crippen LogP contribution is -2.54. The Kier molecular flexibility index (Phi) is 7.19. The number of amides is 2. The van der Waals surface area contributed by atoms with Crippen molar-refractivity contribution in [3.63, 3.8) is 0 Å². The van der Waals surface area contributed by atoms with E-state index >= 15 is 4.39 Å². The molecule has 0 spiro atoms. The number of hydrogen-bond donors (Lipinski definition) is 1. The number of sulfonamides is 1. The topological polar surface area (TPSA) is 115 Å². The third-order valence-corrected chi connectivity index (χ3v) is 8.70. The highest BCUT2D eigenvalue weighted by molar-refractivity contribution is 7.90. The molecule has 0 aromatic heterocycles. The second kappa shape index (κ2) is 11.0. The summed E-state index contributed by atoms with van der Waals surface area (Å²) >= 11 is 0. The van der Waals surface area contributed by atoms with E-state index in [0.717, 1.165) is 5.69 Å². The smallest absolute Gasteiger partial charge is 0.414 e. The monoisotopic (exact) mass is 592 g/mol. The van der Waals surface area contributed by atoms with E-state index in [2.05, 4.69) is 9.71 Å². The van der Waals surface area contributed by atoms with Gasteiger partial charge in [0.2, 0.25) is 11.9 Å². The quantitative estimate of drug-likeness (QED) is 0.480. The fraction of sp³-hybridized carbons (Fsp3) is 0.276. The number of guanidine groups is 1. The van der Waals surface area contributed by atoms with E-state index in [9.17, 15) is 18.0 Å². The number of nitrogens with zero attached hydrogens (tertiary/aromatic N) is 5. The molecule has 2 amide bonds. The van der Waals surface area contributed by atoms with Crippen LogP contribution in [0.2, 0.25) is 0 Å². The van der Waals surface area contributed by atoms with Crippen LogP contribution in [0, 0.1) is 5.82 Å². The molecular formula is C29H29FN6O5S. The molecule has 3 aliphatic rings. The van der Waals surface area contributed by atoms with E-state index in [1.807, 2.05) is 45.0 Å². The molecule has 42 heavy (non-hydrogen) atoms.